The van der Waals surface area contributed by atoms with Crippen LogP contribution in [-0.2, 0) is 11.3 Å². The summed E-state index contributed by atoms with van der Waals surface area (Å²) >= 11 is 0. The van der Waals surface area contributed by atoms with Crippen LogP contribution < -0.4 is 0 Å². The molecular formula is C21H18N4O2. The molecule has 1 saturated heterocycles. The summed E-state index contributed by atoms with van der Waals surface area (Å²) in [5, 5.41) is 0. The SMILES string of the molecule is C=CC(=O)N1CC(N2Cc3ccc(-c4cccc5[nH]cnc45)cc3C2=O)C1. The standard InChI is InChI=1S/C21H18N4O2/c1-2-19(26)24-10-15(11-24)25-9-14-7-6-13(8-17(14)21(25)27)16-4-3-5-18-20(16)23-12-22-18/h2-8,12,15H,1,9-11H2,(H,22,23). The molecule has 0 radical (unpaired) electrons. The molecular weight excluding hydrogens is 340 g/mol. The van der Waals surface area contributed by atoms with Gasteiger partial charge in [0.15, 0.2) is 0 Å². The first-order valence-electron chi connectivity index (χ1n) is 8.93. The van der Waals surface area contributed by atoms with Gasteiger partial charge in [-0.25, -0.2) is 4.98 Å². The van der Waals surface area contributed by atoms with Gasteiger partial charge in [-0.3, -0.25) is 9.59 Å². The summed E-state index contributed by atoms with van der Waals surface area (Å²) in [5.41, 5.74) is 5.65. The Kier molecular flexibility index (Phi) is 3.40. The van der Waals surface area contributed by atoms with Gasteiger partial charge in [-0.15, -0.1) is 0 Å². The van der Waals surface area contributed by atoms with E-state index in [0.29, 0.717) is 19.6 Å². The lowest BCUT2D eigenvalue weighted by molar-refractivity contribution is -0.132. The highest BCUT2D eigenvalue weighted by Crippen LogP contribution is 2.33. The van der Waals surface area contributed by atoms with Crippen LogP contribution >= 0.6 is 0 Å². The van der Waals surface area contributed by atoms with E-state index in [1.807, 2.05) is 41.3 Å². The number of hydrogen-bond acceptors (Lipinski definition) is 3. The minimum Gasteiger partial charge on any atom is -0.345 e. The van der Waals surface area contributed by atoms with E-state index in [2.05, 4.69) is 16.5 Å². The number of amides is 2. The molecule has 0 atom stereocenters. The van der Waals surface area contributed by atoms with Crippen LogP contribution in [0.25, 0.3) is 22.2 Å². The normalized spacial score (nSPS) is 16.5. The Labute approximate surface area is 156 Å². The number of H-pyrrole nitrogens is 1. The van der Waals surface area contributed by atoms with Crippen LogP contribution in [0, 0.1) is 0 Å². The molecule has 1 aromatic heterocycles. The topological polar surface area (TPSA) is 69.3 Å². The Balaban J connectivity index is 1.43. The number of rotatable bonds is 3. The van der Waals surface area contributed by atoms with E-state index in [0.717, 1.165) is 33.3 Å². The van der Waals surface area contributed by atoms with Crippen molar-refractivity contribution in [2.75, 3.05) is 13.1 Å². The zero-order valence-corrected chi connectivity index (χ0v) is 14.7. The van der Waals surface area contributed by atoms with Gasteiger partial charge < -0.3 is 14.8 Å². The third-order valence-electron chi connectivity index (χ3n) is 5.49. The van der Waals surface area contributed by atoms with Crippen molar-refractivity contribution in [3.63, 3.8) is 0 Å². The third kappa shape index (κ3) is 2.37. The summed E-state index contributed by atoms with van der Waals surface area (Å²) in [7, 11) is 0. The maximum Gasteiger partial charge on any atom is 0.254 e. The predicted molar refractivity (Wildman–Crippen MR) is 102 cm³/mol. The average Bonchev–Trinajstić information content (AvgIpc) is 3.25. The number of nitrogens with zero attached hydrogens (tertiary/aromatic N) is 3. The molecule has 27 heavy (non-hydrogen) atoms. The molecule has 0 bridgehead atoms. The third-order valence-corrected chi connectivity index (χ3v) is 5.49. The van der Waals surface area contributed by atoms with Crippen LogP contribution in [0.4, 0.5) is 0 Å². The Bertz CT molecular complexity index is 1090. The van der Waals surface area contributed by atoms with Crippen LogP contribution in [0.15, 0.2) is 55.4 Å². The summed E-state index contributed by atoms with van der Waals surface area (Å²) in [4.78, 5) is 35.7. The molecule has 134 valence electrons. The molecule has 0 unspecified atom stereocenters. The fourth-order valence-corrected chi connectivity index (χ4v) is 3.95. The first kappa shape index (κ1) is 15.8. The molecule has 6 heteroatoms. The van der Waals surface area contributed by atoms with Gasteiger partial charge in [0.1, 0.15) is 0 Å². The lowest BCUT2D eigenvalue weighted by atomic mass is 9.99. The fraction of sp³-hybridized carbons (Fsp3) is 0.190. The summed E-state index contributed by atoms with van der Waals surface area (Å²) < 4.78 is 0. The molecule has 6 nitrogen and oxygen atoms in total. The fourth-order valence-electron chi connectivity index (χ4n) is 3.95. The van der Waals surface area contributed by atoms with Crippen molar-refractivity contribution in [3.05, 3.63) is 66.5 Å². The maximum atomic E-state index is 13.0. The number of benzene rings is 2. The Morgan fingerprint density at radius 2 is 2.07 bits per heavy atom. The summed E-state index contributed by atoms with van der Waals surface area (Å²) in [6.07, 6.45) is 3.00. The zero-order valence-electron chi connectivity index (χ0n) is 14.7. The molecule has 3 aromatic rings. The van der Waals surface area contributed by atoms with Crippen LogP contribution in [-0.4, -0.2) is 50.7 Å². The number of carbonyl (C=O) groups excluding carboxylic acids is 2. The van der Waals surface area contributed by atoms with Crippen LogP contribution in [0.2, 0.25) is 0 Å². The highest BCUT2D eigenvalue weighted by molar-refractivity contribution is 6.01. The van der Waals surface area contributed by atoms with Crippen molar-refractivity contribution in [3.8, 4) is 11.1 Å². The molecule has 2 aromatic carbocycles. The molecule has 2 aliphatic rings. The van der Waals surface area contributed by atoms with Gasteiger partial charge in [0, 0.05) is 30.8 Å². The van der Waals surface area contributed by atoms with Crippen molar-refractivity contribution in [2.45, 2.75) is 12.6 Å². The molecule has 1 fully saturated rings. The largest absolute Gasteiger partial charge is 0.345 e. The van der Waals surface area contributed by atoms with Crippen molar-refractivity contribution in [1.82, 2.24) is 19.8 Å². The highest BCUT2D eigenvalue weighted by Gasteiger charge is 2.40. The van der Waals surface area contributed by atoms with Crippen molar-refractivity contribution < 1.29 is 9.59 Å². The molecule has 0 saturated carbocycles. The first-order valence-corrected chi connectivity index (χ1v) is 8.93. The van der Waals surface area contributed by atoms with E-state index in [4.69, 9.17) is 0 Å². The smallest absolute Gasteiger partial charge is 0.254 e. The van der Waals surface area contributed by atoms with Crippen molar-refractivity contribution in [1.29, 1.82) is 0 Å². The van der Waals surface area contributed by atoms with Crippen LogP contribution in [0.5, 0.6) is 0 Å². The van der Waals surface area contributed by atoms with E-state index in [1.54, 1.807) is 11.2 Å². The van der Waals surface area contributed by atoms with Crippen molar-refractivity contribution in [2.24, 2.45) is 0 Å². The summed E-state index contributed by atoms with van der Waals surface area (Å²) in [6.45, 7) is 5.26. The second-order valence-electron chi connectivity index (χ2n) is 7.01. The van der Waals surface area contributed by atoms with E-state index < -0.39 is 0 Å². The maximum absolute atomic E-state index is 13.0. The Hall–Kier alpha value is -3.41. The molecule has 5 rings (SSSR count). The van der Waals surface area contributed by atoms with Gasteiger partial charge in [-0.1, -0.05) is 30.8 Å². The van der Waals surface area contributed by atoms with Gasteiger partial charge in [0.25, 0.3) is 5.91 Å². The quantitative estimate of drug-likeness (QED) is 0.732. The Morgan fingerprint density at radius 3 is 2.89 bits per heavy atom. The summed E-state index contributed by atoms with van der Waals surface area (Å²) in [6, 6.07) is 12.1. The van der Waals surface area contributed by atoms with Gasteiger partial charge >= 0.3 is 0 Å². The number of para-hydroxylation sites is 1. The highest BCUT2D eigenvalue weighted by atomic mass is 16.2. The molecule has 1 N–H and O–H groups in total. The molecule has 2 amide bonds. The number of fused-ring (bicyclic) bond motifs is 2. The average molecular weight is 358 g/mol. The monoisotopic (exact) mass is 358 g/mol. The van der Waals surface area contributed by atoms with E-state index in [1.165, 1.54) is 6.08 Å². The minimum absolute atomic E-state index is 0.0387. The second kappa shape index (κ2) is 5.81. The van der Waals surface area contributed by atoms with Gasteiger partial charge in [0.2, 0.25) is 5.91 Å². The van der Waals surface area contributed by atoms with E-state index >= 15 is 0 Å². The first-order chi connectivity index (χ1) is 13.2. The number of imidazole rings is 1. The lowest BCUT2D eigenvalue weighted by Crippen LogP contribution is -2.60. The van der Waals surface area contributed by atoms with Gasteiger partial charge in [-0.05, 0) is 29.3 Å². The minimum atomic E-state index is -0.0789. The van der Waals surface area contributed by atoms with E-state index in [9.17, 15) is 9.59 Å². The number of aromatic amines is 1. The molecule has 2 aliphatic heterocycles. The number of likely N-dealkylation sites (tertiary alicyclic amines) is 1. The Morgan fingerprint density at radius 1 is 1.22 bits per heavy atom. The lowest BCUT2D eigenvalue weighted by Gasteiger charge is -2.43. The molecule has 0 aliphatic carbocycles. The van der Waals surface area contributed by atoms with E-state index in [-0.39, 0.29) is 17.9 Å². The summed E-state index contributed by atoms with van der Waals surface area (Å²) in [5.74, 6) is -0.0402. The zero-order chi connectivity index (χ0) is 18.5. The number of aromatic nitrogens is 2. The predicted octanol–water partition coefficient (Wildman–Crippen LogP) is 2.58. The second-order valence-corrected chi connectivity index (χ2v) is 7.01. The van der Waals surface area contributed by atoms with Crippen LogP contribution in [0.3, 0.4) is 0 Å². The van der Waals surface area contributed by atoms with Crippen molar-refractivity contribution >= 4 is 22.8 Å². The molecule has 3 heterocycles. The number of hydrogen-bond donors (Lipinski definition) is 1. The van der Waals surface area contributed by atoms with Gasteiger partial charge in [-0.2, -0.15) is 0 Å². The van der Waals surface area contributed by atoms with Crippen LogP contribution in [0.1, 0.15) is 15.9 Å². The van der Waals surface area contributed by atoms with Gasteiger partial charge in [0.05, 0.1) is 23.4 Å². The number of nitrogens with one attached hydrogen (secondary N) is 1. The number of carbonyl (C=O) groups is 2. The molecule has 0 spiro atoms.